The van der Waals surface area contributed by atoms with Gasteiger partial charge in [-0.3, -0.25) is 4.79 Å². The van der Waals surface area contributed by atoms with E-state index in [1.165, 1.54) is 0 Å². The summed E-state index contributed by atoms with van der Waals surface area (Å²) in [5.41, 5.74) is 0.638. The maximum absolute atomic E-state index is 12.2. The van der Waals surface area contributed by atoms with Crippen LogP contribution in [0, 0.1) is 5.92 Å². The third kappa shape index (κ3) is 2.82. The number of amides is 1. The topological polar surface area (TPSA) is 40.5 Å². The molecule has 1 aliphatic rings. The highest BCUT2D eigenvalue weighted by Gasteiger charge is 2.27. The van der Waals surface area contributed by atoms with Crippen molar-refractivity contribution in [3.05, 3.63) is 29.8 Å². The minimum absolute atomic E-state index is 0.0214. The van der Waals surface area contributed by atoms with Crippen molar-refractivity contribution in [3.63, 3.8) is 0 Å². The number of hydrogen-bond acceptors (Lipinski definition) is 3. The molecule has 1 aliphatic heterocycles. The maximum Gasteiger partial charge on any atom is 0.253 e. The molecule has 2 unspecified atom stereocenters. The molecule has 17 heavy (non-hydrogen) atoms. The van der Waals surface area contributed by atoms with Gasteiger partial charge in [0.2, 0.25) is 0 Å². The normalized spacial score (nSPS) is 24.8. The molecule has 0 aromatic heterocycles. The van der Waals surface area contributed by atoms with Gasteiger partial charge in [-0.1, -0.05) is 13.0 Å². The molecule has 2 atom stereocenters. The van der Waals surface area contributed by atoms with Gasteiger partial charge in [0.25, 0.3) is 5.91 Å². The van der Waals surface area contributed by atoms with Gasteiger partial charge in [-0.25, -0.2) is 0 Å². The van der Waals surface area contributed by atoms with Crippen molar-refractivity contribution in [2.45, 2.75) is 24.3 Å². The van der Waals surface area contributed by atoms with Gasteiger partial charge in [0.15, 0.2) is 0 Å². The standard InChI is InChI=1S/C13H17NO2S/c1-9-5-6-14(8-12(9)15)13(16)10-3-2-4-11(17)7-10/h2-4,7,9,12,15,17H,5-6,8H2,1H3. The lowest BCUT2D eigenvalue weighted by atomic mass is 9.95. The summed E-state index contributed by atoms with van der Waals surface area (Å²) >= 11 is 4.22. The molecule has 0 spiro atoms. The summed E-state index contributed by atoms with van der Waals surface area (Å²) in [7, 11) is 0. The van der Waals surface area contributed by atoms with Gasteiger partial charge in [0.05, 0.1) is 6.10 Å². The van der Waals surface area contributed by atoms with Crippen molar-refractivity contribution in [1.82, 2.24) is 4.90 Å². The van der Waals surface area contributed by atoms with Crippen LogP contribution in [-0.4, -0.2) is 35.1 Å². The lowest BCUT2D eigenvalue weighted by Crippen LogP contribution is -2.45. The summed E-state index contributed by atoms with van der Waals surface area (Å²) in [6.45, 7) is 3.16. The van der Waals surface area contributed by atoms with E-state index in [0.29, 0.717) is 18.7 Å². The molecular weight excluding hydrogens is 234 g/mol. The van der Waals surface area contributed by atoms with Crippen molar-refractivity contribution in [2.24, 2.45) is 5.92 Å². The van der Waals surface area contributed by atoms with Crippen LogP contribution in [0.1, 0.15) is 23.7 Å². The van der Waals surface area contributed by atoms with E-state index in [9.17, 15) is 9.90 Å². The average Bonchev–Trinajstić information content (AvgIpc) is 2.32. The highest BCUT2D eigenvalue weighted by Crippen LogP contribution is 2.19. The van der Waals surface area contributed by atoms with Crippen molar-refractivity contribution in [2.75, 3.05) is 13.1 Å². The fourth-order valence-corrected chi connectivity index (χ4v) is 2.28. The smallest absolute Gasteiger partial charge is 0.253 e. The predicted molar refractivity (Wildman–Crippen MR) is 69.4 cm³/mol. The Morgan fingerprint density at radius 1 is 1.53 bits per heavy atom. The first-order valence-corrected chi connectivity index (χ1v) is 6.29. The Kier molecular flexibility index (Phi) is 3.74. The van der Waals surface area contributed by atoms with Crippen LogP contribution in [0.2, 0.25) is 0 Å². The zero-order chi connectivity index (χ0) is 12.4. The number of likely N-dealkylation sites (tertiary alicyclic amines) is 1. The molecule has 2 rings (SSSR count). The number of carbonyl (C=O) groups is 1. The van der Waals surface area contributed by atoms with Crippen molar-refractivity contribution >= 4 is 18.5 Å². The minimum atomic E-state index is -0.410. The molecular formula is C13H17NO2S. The van der Waals surface area contributed by atoms with E-state index >= 15 is 0 Å². The Labute approximate surface area is 107 Å². The SMILES string of the molecule is CC1CCN(C(=O)c2cccc(S)c2)CC1O. The van der Waals surface area contributed by atoms with Crippen LogP contribution in [0.25, 0.3) is 0 Å². The van der Waals surface area contributed by atoms with Crippen LogP contribution < -0.4 is 0 Å². The maximum atomic E-state index is 12.2. The number of carbonyl (C=O) groups excluding carboxylic acids is 1. The summed E-state index contributed by atoms with van der Waals surface area (Å²) in [5.74, 6) is 0.252. The van der Waals surface area contributed by atoms with E-state index in [2.05, 4.69) is 12.6 Å². The fraction of sp³-hybridized carbons (Fsp3) is 0.462. The second kappa shape index (κ2) is 5.10. The predicted octanol–water partition coefficient (Wildman–Crippen LogP) is 1.82. The van der Waals surface area contributed by atoms with Gasteiger partial charge in [0, 0.05) is 23.5 Å². The Hall–Kier alpha value is -1.00. The van der Waals surface area contributed by atoms with Gasteiger partial charge in [-0.15, -0.1) is 12.6 Å². The summed E-state index contributed by atoms with van der Waals surface area (Å²) in [6, 6.07) is 7.20. The van der Waals surface area contributed by atoms with Crippen LogP contribution in [-0.2, 0) is 0 Å². The number of nitrogens with zero attached hydrogens (tertiary/aromatic N) is 1. The second-order valence-corrected chi connectivity index (χ2v) is 5.15. The van der Waals surface area contributed by atoms with Gasteiger partial charge in [-0.05, 0) is 30.5 Å². The molecule has 3 nitrogen and oxygen atoms in total. The highest BCUT2D eigenvalue weighted by atomic mass is 32.1. The van der Waals surface area contributed by atoms with Crippen LogP contribution in [0.5, 0.6) is 0 Å². The van der Waals surface area contributed by atoms with Crippen LogP contribution >= 0.6 is 12.6 Å². The number of aliphatic hydroxyl groups is 1. The van der Waals surface area contributed by atoms with Gasteiger partial charge in [0.1, 0.15) is 0 Å². The van der Waals surface area contributed by atoms with E-state index < -0.39 is 6.10 Å². The third-order valence-electron chi connectivity index (χ3n) is 3.30. The summed E-state index contributed by atoms with van der Waals surface area (Å²) in [5, 5.41) is 9.79. The molecule has 4 heteroatoms. The van der Waals surface area contributed by atoms with Gasteiger partial charge >= 0.3 is 0 Å². The number of hydrogen-bond donors (Lipinski definition) is 2. The number of β-amino-alcohol motifs (C(OH)–C–C–N with tert-alkyl or cyclic N) is 1. The molecule has 92 valence electrons. The Morgan fingerprint density at radius 3 is 2.94 bits per heavy atom. The molecule has 1 saturated heterocycles. The average molecular weight is 251 g/mol. The lowest BCUT2D eigenvalue weighted by Gasteiger charge is -2.34. The molecule has 0 saturated carbocycles. The summed E-state index contributed by atoms with van der Waals surface area (Å²) in [4.78, 5) is 14.7. The second-order valence-electron chi connectivity index (χ2n) is 4.63. The molecule has 0 radical (unpaired) electrons. The first kappa shape index (κ1) is 12.5. The Balaban J connectivity index is 2.10. The molecule has 1 aromatic rings. The summed E-state index contributed by atoms with van der Waals surface area (Å²) in [6.07, 6.45) is 0.444. The molecule has 1 N–H and O–H groups in total. The lowest BCUT2D eigenvalue weighted by molar-refractivity contribution is 0.0248. The number of rotatable bonds is 1. The van der Waals surface area contributed by atoms with Crippen molar-refractivity contribution in [3.8, 4) is 0 Å². The molecule has 0 bridgehead atoms. The van der Waals surface area contributed by atoms with Gasteiger partial charge < -0.3 is 10.0 Å². The highest BCUT2D eigenvalue weighted by molar-refractivity contribution is 7.80. The van der Waals surface area contributed by atoms with E-state index in [-0.39, 0.29) is 11.8 Å². The third-order valence-corrected chi connectivity index (χ3v) is 3.58. The van der Waals surface area contributed by atoms with E-state index in [0.717, 1.165) is 11.3 Å². The summed E-state index contributed by atoms with van der Waals surface area (Å²) < 4.78 is 0. The molecule has 0 aliphatic carbocycles. The van der Waals surface area contributed by atoms with Crippen LogP contribution in [0.3, 0.4) is 0 Å². The van der Waals surface area contributed by atoms with Gasteiger partial charge in [-0.2, -0.15) is 0 Å². The molecule has 1 aromatic carbocycles. The largest absolute Gasteiger partial charge is 0.391 e. The number of piperidine rings is 1. The van der Waals surface area contributed by atoms with E-state index in [1.807, 2.05) is 19.1 Å². The van der Waals surface area contributed by atoms with Crippen LogP contribution in [0.15, 0.2) is 29.2 Å². The number of thiol groups is 1. The molecule has 1 amide bonds. The van der Waals surface area contributed by atoms with E-state index in [1.54, 1.807) is 17.0 Å². The monoisotopic (exact) mass is 251 g/mol. The molecule has 1 heterocycles. The first-order valence-electron chi connectivity index (χ1n) is 5.84. The van der Waals surface area contributed by atoms with Crippen LogP contribution in [0.4, 0.5) is 0 Å². The van der Waals surface area contributed by atoms with E-state index in [4.69, 9.17) is 0 Å². The first-order chi connectivity index (χ1) is 8.08. The number of aliphatic hydroxyl groups excluding tert-OH is 1. The zero-order valence-corrected chi connectivity index (χ0v) is 10.7. The number of benzene rings is 1. The quantitative estimate of drug-likeness (QED) is 0.747. The zero-order valence-electron chi connectivity index (χ0n) is 9.84. The fourth-order valence-electron chi connectivity index (χ4n) is 2.05. The molecule has 1 fully saturated rings. The minimum Gasteiger partial charge on any atom is -0.391 e. The Morgan fingerprint density at radius 2 is 2.29 bits per heavy atom. The van der Waals surface area contributed by atoms with Crippen molar-refractivity contribution < 1.29 is 9.90 Å². The Bertz CT molecular complexity index is 422. The van der Waals surface area contributed by atoms with Crippen molar-refractivity contribution in [1.29, 1.82) is 0 Å².